The molecule has 9 nitrogen and oxygen atoms in total. The van der Waals surface area contributed by atoms with E-state index in [4.69, 9.17) is 9.84 Å². The molecule has 4 N–H and O–H groups in total. The van der Waals surface area contributed by atoms with Gasteiger partial charge in [-0.3, -0.25) is 9.78 Å². The quantitative estimate of drug-likeness (QED) is 0.525. The molecule has 0 aromatic carbocycles. The van der Waals surface area contributed by atoms with Crippen molar-refractivity contribution in [1.82, 2.24) is 14.8 Å². The molecular weight excluding hydrogens is 314 g/mol. The van der Waals surface area contributed by atoms with Crippen LogP contribution in [0.4, 0.5) is 0 Å². The van der Waals surface area contributed by atoms with Crippen molar-refractivity contribution in [2.75, 3.05) is 6.61 Å². The number of nitrogens with zero attached hydrogens (tertiary/aromatic N) is 2. The molecule has 0 amide bonds. The van der Waals surface area contributed by atoms with E-state index in [1.54, 1.807) is 17.5 Å². The van der Waals surface area contributed by atoms with Gasteiger partial charge in [-0.1, -0.05) is 6.07 Å². The van der Waals surface area contributed by atoms with Crippen LogP contribution in [0.2, 0.25) is 0 Å². The van der Waals surface area contributed by atoms with Gasteiger partial charge in [0.2, 0.25) is 0 Å². The molecule has 0 saturated carbocycles. The molecular formula is C12H13N3O6S. The predicted octanol–water partition coefficient (Wildman–Crippen LogP) is -1.73. The highest BCUT2D eigenvalue weighted by atomic mass is 32.1. The van der Waals surface area contributed by atoms with Crippen molar-refractivity contribution in [1.29, 1.82) is 0 Å². The highest BCUT2D eigenvalue weighted by Crippen LogP contribution is 2.28. The van der Waals surface area contributed by atoms with E-state index in [9.17, 15) is 19.8 Å². The number of hydrogen-bond acceptors (Lipinski definition) is 8. The number of rotatable bonds is 3. The van der Waals surface area contributed by atoms with Gasteiger partial charge >= 0.3 is 5.69 Å². The summed E-state index contributed by atoms with van der Waals surface area (Å²) in [5.41, 5.74) is -1.53. The maximum Gasteiger partial charge on any atom is 0.347 e. The van der Waals surface area contributed by atoms with Crippen molar-refractivity contribution >= 4 is 11.3 Å². The summed E-state index contributed by atoms with van der Waals surface area (Å²) in [6.45, 7) is -0.523. The molecule has 3 heterocycles. The molecule has 0 aliphatic carbocycles. The minimum absolute atomic E-state index is 0.00679. The number of aliphatic hydroxyl groups excluding tert-OH is 3. The first-order valence-corrected chi connectivity index (χ1v) is 7.30. The molecule has 2 aromatic heterocycles. The zero-order valence-electron chi connectivity index (χ0n) is 11.1. The van der Waals surface area contributed by atoms with Crippen LogP contribution >= 0.6 is 11.3 Å². The number of thiophene rings is 1. The van der Waals surface area contributed by atoms with Gasteiger partial charge in [0, 0.05) is 0 Å². The van der Waals surface area contributed by atoms with Gasteiger partial charge in [-0.15, -0.1) is 11.3 Å². The van der Waals surface area contributed by atoms with Crippen molar-refractivity contribution < 1.29 is 20.1 Å². The molecule has 0 unspecified atom stereocenters. The number of nitrogens with one attached hydrogen (secondary N) is 1. The Morgan fingerprint density at radius 3 is 2.73 bits per heavy atom. The second kappa shape index (κ2) is 5.74. The summed E-state index contributed by atoms with van der Waals surface area (Å²) in [7, 11) is 0. The van der Waals surface area contributed by atoms with Crippen LogP contribution in [0.3, 0.4) is 0 Å². The van der Waals surface area contributed by atoms with Gasteiger partial charge in [-0.25, -0.2) is 4.79 Å². The fourth-order valence-electron chi connectivity index (χ4n) is 2.24. The first kappa shape index (κ1) is 15.1. The van der Waals surface area contributed by atoms with Gasteiger partial charge in [0.25, 0.3) is 5.56 Å². The van der Waals surface area contributed by atoms with Crippen LogP contribution in [0.1, 0.15) is 6.23 Å². The molecule has 22 heavy (non-hydrogen) atoms. The second-order valence-electron chi connectivity index (χ2n) is 4.76. The number of aromatic amines is 1. The third-order valence-electron chi connectivity index (χ3n) is 3.36. The molecule has 2 aromatic rings. The van der Waals surface area contributed by atoms with Crippen LogP contribution in [0.5, 0.6) is 0 Å². The van der Waals surface area contributed by atoms with Crippen molar-refractivity contribution in [3.05, 3.63) is 38.4 Å². The van der Waals surface area contributed by atoms with E-state index < -0.39 is 42.4 Å². The fourth-order valence-corrected chi connectivity index (χ4v) is 2.95. The summed E-state index contributed by atoms with van der Waals surface area (Å²) in [5.74, 6) is 0. The first-order chi connectivity index (χ1) is 10.5. The van der Waals surface area contributed by atoms with E-state index in [2.05, 4.69) is 10.1 Å². The zero-order valence-corrected chi connectivity index (χ0v) is 11.9. The van der Waals surface area contributed by atoms with Crippen LogP contribution in [-0.4, -0.2) is 55.0 Å². The van der Waals surface area contributed by atoms with E-state index in [-0.39, 0.29) is 5.69 Å². The summed E-state index contributed by atoms with van der Waals surface area (Å²) in [4.78, 5) is 26.4. The lowest BCUT2D eigenvalue weighted by atomic mass is 10.1. The maximum absolute atomic E-state index is 11.9. The molecule has 10 heteroatoms. The number of hydrogen-bond donors (Lipinski definition) is 4. The molecule has 0 radical (unpaired) electrons. The molecule has 1 fully saturated rings. The SMILES string of the molecule is O=c1[nH]c(=O)n([C@@H]2O[C@H](CO)[C@@H](O)[C@H]2O)nc1-c1cccs1. The lowest BCUT2D eigenvalue weighted by molar-refractivity contribution is -0.0616. The molecule has 118 valence electrons. The third-order valence-corrected chi connectivity index (χ3v) is 4.24. The van der Waals surface area contributed by atoms with Crippen molar-refractivity contribution in [3.8, 4) is 10.6 Å². The summed E-state index contributed by atoms with van der Waals surface area (Å²) in [6, 6.07) is 3.39. The Kier molecular flexibility index (Phi) is 3.93. The first-order valence-electron chi connectivity index (χ1n) is 6.42. The van der Waals surface area contributed by atoms with Crippen molar-refractivity contribution in [2.24, 2.45) is 0 Å². The Bertz CT molecular complexity index is 770. The highest BCUT2D eigenvalue weighted by Gasteiger charge is 2.44. The Morgan fingerprint density at radius 1 is 1.36 bits per heavy atom. The maximum atomic E-state index is 11.9. The Balaban J connectivity index is 2.07. The molecule has 4 atom stereocenters. The van der Waals surface area contributed by atoms with Crippen LogP contribution in [0, 0.1) is 0 Å². The Labute approximate surface area is 127 Å². The van der Waals surface area contributed by atoms with Gasteiger partial charge in [0.05, 0.1) is 11.5 Å². The van der Waals surface area contributed by atoms with Gasteiger partial charge < -0.3 is 20.1 Å². The van der Waals surface area contributed by atoms with Crippen LogP contribution in [-0.2, 0) is 4.74 Å². The predicted molar refractivity (Wildman–Crippen MR) is 75.4 cm³/mol. The molecule has 0 bridgehead atoms. The molecule has 1 aliphatic heterocycles. The molecule has 3 rings (SSSR count). The van der Waals surface area contributed by atoms with Crippen molar-refractivity contribution in [3.63, 3.8) is 0 Å². The van der Waals surface area contributed by atoms with Crippen LogP contribution in [0.25, 0.3) is 10.6 Å². The summed E-state index contributed by atoms with van der Waals surface area (Å²) in [5, 5.41) is 34.5. The number of aromatic nitrogens is 3. The number of H-pyrrole nitrogens is 1. The lowest BCUT2D eigenvalue weighted by Gasteiger charge is -2.16. The lowest BCUT2D eigenvalue weighted by Crippen LogP contribution is -2.40. The van der Waals surface area contributed by atoms with E-state index >= 15 is 0 Å². The standard InChI is InChI=1S/C12H13N3O6S/c16-4-5-8(17)9(18)11(21-5)15-12(20)13-10(19)7(14-15)6-2-1-3-22-6/h1-3,5,8-9,11,16-18H,4H2,(H,13,19,20)/t5-,8-,9-,11-/m1/s1. The second-order valence-corrected chi connectivity index (χ2v) is 5.71. The zero-order chi connectivity index (χ0) is 15.9. The summed E-state index contributed by atoms with van der Waals surface area (Å²) >= 11 is 1.26. The minimum Gasteiger partial charge on any atom is -0.394 e. The van der Waals surface area contributed by atoms with Crippen LogP contribution in [0.15, 0.2) is 27.1 Å². The van der Waals surface area contributed by atoms with E-state index in [1.807, 2.05) is 0 Å². The number of aliphatic hydroxyl groups is 3. The van der Waals surface area contributed by atoms with Crippen LogP contribution < -0.4 is 11.2 Å². The topological polar surface area (TPSA) is 138 Å². The monoisotopic (exact) mass is 327 g/mol. The normalized spacial score (nSPS) is 28.1. The average Bonchev–Trinajstić information content (AvgIpc) is 3.10. The van der Waals surface area contributed by atoms with E-state index in [1.165, 1.54) is 11.3 Å². The largest absolute Gasteiger partial charge is 0.394 e. The summed E-state index contributed by atoms with van der Waals surface area (Å²) < 4.78 is 6.01. The van der Waals surface area contributed by atoms with Gasteiger partial charge in [-0.05, 0) is 11.4 Å². The third kappa shape index (κ3) is 2.40. The van der Waals surface area contributed by atoms with Gasteiger partial charge in [-0.2, -0.15) is 9.78 Å². The highest BCUT2D eigenvalue weighted by molar-refractivity contribution is 7.13. The van der Waals surface area contributed by atoms with Crippen molar-refractivity contribution in [2.45, 2.75) is 24.5 Å². The summed E-state index contributed by atoms with van der Waals surface area (Å²) in [6.07, 6.45) is -5.15. The molecule has 1 saturated heterocycles. The van der Waals surface area contributed by atoms with Gasteiger partial charge in [0.15, 0.2) is 11.9 Å². The Morgan fingerprint density at radius 2 is 2.14 bits per heavy atom. The molecule has 0 spiro atoms. The average molecular weight is 327 g/mol. The van der Waals surface area contributed by atoms with Gasteiger partial charge in [0.1, 0.15) is 18.3 Å². The Hall–Kier alpha value is -1.85. The molecule has 1 aliphatic rings. The smallest absolute Gasteiger partial charge is 0.347 e. The van der Waals surface area contributed by atoms with E-state index in [0.717, 1.165) is 4.68 Å². The number of ether oxygens (including phenoxy) is 1. The fraction of sp³-hybridized carbons (Fsp3) is 0.417. The minimum atomic E-state index is -1.45. The van der Waals surface area contributed by atoms with E-state index in [0.29, 0.717) is 4.88 Å².